The Morgan fingerprint density at radius 2 is 2.29 bits per heavy atom. The fraction of sp³-hybridized carbons (Fsp3) is 0.400. The monoisotopic (exact) mass is 187 g/mol. The number of hydrogen-bond donors (Lipinski definition) is 0. The van der Waals surface area contributed by atoms with Crippen molar-refractivity contribution >= 4 is 5.78 Å². The van der Waals surface area contributed by atoms with Crippen molar-refractivity contribution in [3.63, 3.8) is 0 Å². The number of Topliss-reactive ketones (excluding diaryl/α,β-unsaturated/α-hetero) is 1. The molecule has 1 aliphatic rings. The van der Waals surface area contributed by atoms with Crippen LogP contribution in [0.4, 0.5) is 0 Å². The molecule has 0 saturated carbocycles. The molecule has 1 aliphatic carbocycles. The van der Waals surface area contributed by atoms with Crippen LogP contribution in [0.25, 0.3) is 0 Å². The third-order valence-corrected chi connectivity index (χ3v) is 2.39. The fourth-order valence-corrected chi connectivity index (χ4v) is 1.69. The summed E-state index contributed by atoms with van der Waals surface area (Å²) in [5, 5.41) is 8.67. The minimum atomic E-state index is -0.285. The van der Waals surface area contributed by atoms with Crippen LogP contribution in [-0.2, 0) is 5.41 Å². The lowest BCUT2D eigenvalue weighted by atomic mass is 9.91. The number of aromatic nitrogens is 2. The van der Waals surface area contributed by atoms with Crippen molar-refractivity contribution in [1.82, 2.24) is 9.97 Å². The molecule has 0 saturated heterocycles. The van der Waals surface area contributed by atoms with E-state index >= 15 is 0 Å². The Kier molecular flexibility index (Phi) is 1.65. The molecule has 0 unspecified atom stereocenters. The summed E-state index contributed by atoms with van der Waals surface area (Å²) in [5.41, 5.74) is 1.06. The number of rotatable bonds is 0. The molecule has 1 heterocycles. The highest BCUT2D eigenvalue weighted by Crippen LogP contribution is 2.35. The third-order valence-electron chi connectivity index (χ3n) is 2.39. The second-order valence-electron chi connectivity index (χ2n) is 4.05. The summed E-state index contributed by atoms with van der Waals surface area (Å²) in [6.45, 7) is 3.87. The van der Waals surface area contributed by atoms with Gasteiger partial charge in [-0.3, -0.25) is 4.79 Å². The first-order chi connectivity index (χ1) is 6.54. The molecule has 0 bridgehead atoms. The molecule has 1 aromatic rings. The Balaban J connectivity index is 2.66. The standard InChI is InChI=1S/C10H9N3O/c1-10(2)3-7(14)8-9(10)13-6(4-11)5-12-8/h5H,3H2,1-2H3. The fourth-order valence-electron chi connectivity index (χ4n) is 1.69. The van der Waals surface area contributed by atoms with E-state index in [4.69, 9.17) is 5.26 Å². The molecule has 0 fully saturated rings. The van der Waals surface area contributed by atoms with Gasteiger partial charge in [0.2, 0.25) is 0 Å². The first-order valence-corrected chi connectivity index (χ1v) is 4.35. The van der Waals surface area contributed by atoms with Gasteiger partial charge in [0.1, 0.15) is 11.8 Å². The lowest BCUT2D eigenvalue weighted by Crippen LogP contribution is -2.15. The summed E-state index contributed by atoms with van der Waals surface area (Å²) in [6, 6.07) is 1.92. The normalized spacial score (nSPS) is 17.6. The first kappa shape index (κ1) is 8.82. The molecule has 0 N–H and O–H groups in total. The molecule has 0 atom stereocenters. The van der Waals surface area contributed by atoms with Gasteiger partial charge in [-0.25, -0.2) is 9.97 Å². The van der Waals surface area contributed by atoms with Gasteiger partial charge >= 0.3 is 0 Å². The molecule has 70 valence electrons. The van der Waals surface area contributed by atoms with Crippen molar-refractivity contribution in [3.05, 3.63) is 23.3 Å². The summed E-state index contributed by atoms with van der Waals surface area (Å²) >= 11 is 0. The van der Waals surface area contributed by atoms with Gasteiger partial charge in [-0.15, -0.1) is 0 Å². The molecule has 14 heavy (non-hydrogen) atoms. The average molecular weight is 187 g/mol. The predicted molar refractivity (Wildman–Crippen MR) is 48.7 cm³/mol. The van der Waals surface area contributed by atoms with Crippen LogP contribution >= 0.6 is 0 Å². The van der Waals surface area contributed by atoms with Crippen molar-refractivity contribution < 1.29 is 4.79 Å². The van der Waals surface area contributed by atoms with Gasteiger partial charge in [-0.05, 0) is 0 Å². The Morgan fingerprint density at radius 1 is 1.57 bits per heavy atom. The van der Waals surface area contributed by atoms with Crippen molar-refractivity contribution in [2.45, 2.75) is 25.7 Å². The summed E-state index contributed by atoms with van der Waals surface area (Å²) < 4.78 is 0. The van der Waals surface area contributed by atoms with E-state index in [1.165, 1.54) is 6.20 Å². The van der Waals surface area contributed by atoms with E-state index in [0.717, 1.165) is 0 Å². The highest BCUT2D eigenvalue weighted by molar-refractivity contribution is 5.99. The molecule has 0 aromatic carbocycles. The Bertz CT molecular complexity index is 457. The summed E-state index contributed by atoms with van der Waals surface area (Å²) in [4.78, 5) is 19.6. The molecular formula is C10H9N3O. The lowest BCUT2D eigenvalue weighted by molar-refractivity contribution is 0.0975. The Morgan fingerprint density at radius 3 is 2.93 bits per heavy atom. The lowest BCUT2D eigenvalue weighted by Gasteiger charge is -2.15. The zero-order chi connectivity index (χ0) is 10.3. The smallest absolute Gasteiger partial charge is 0.183 e. The zero-order valence-electron chi connectivity index (χ0n) is 8.03. The molecular weight excluding hydrogens is 178 g/mol. The highest BCUT2D eigenvalue weighted by atomic mass is 16.1. The van der Waals surface area contributed by atoms with E-state index in [-0.39, 0.29) is 16.9 Å². The van der Waals surface area contributed by atoms with E-state index in [1.54, 1.807) is 0 Å². The van der Waals surface area contributed by atoms with Gasteiger partial charge < -0.3 is 0 Å². The predicted octanol–water partition coefficient (Wildman–Crippen LogP) is 1.21. The minimum Gasteiger partial charge on any atom is -0.292 e. The number of carbonyl (C=O) groups is 1. The number of nitriles is 1. The Hall–Kier alpha value is -1.76. The van der Waals surface area contributed by atoms with Crippen LogP contribution in [0.3, 0.4) is 0 Å². The van der Waals surface area contributed by atoms with Crippen LogP contribution in [0, 0.1) is 11.3 Å². The van der Waals surface area contributed by atoms with Crippen molar-refractivity contribution in [2.24, 2.45) is 0 Å². The van der Waals surface area contributed by atoms with Crippen LogP contribution in [0.15, 0.2) is 6.20 Å². The average Bonchev–Trinajstić information content (AvgIpc) is 2.37. The van der Waals surface area contributed by atoms with E-state index in [2.05, 4.69) is 9.97 Å². The van der Waals surface area contributed by atoms with E-state index in [9.17, 15) is 4.79 Å². The van der Waals surface area contributed by atoms with Gasteiger partial charge in [0.05, 0.1) is 11.9 Å². The number of fused-ring (bicyclic) bond motifs is 1. The molecule has 0 amide bonds. The van der Waals surface area contributed by atoms with Gasteiger partial charge in [-0.1, -0.05) is 13.8 Å². The largest absolute Gasteiger partial charge is 0.292 e. The Labute approximate surface area is 81.6 Å². The van der Waals surface area contributed by atoms with Gasteiger partial charge in [0, 0.05) is 11.8 Å². The van der Waals surface area contributed by atoms with Crippen LogP contribution in [-0.4, -0.2) is 15.8 Å². The molecule has 1 aromatic heterocycles. The molecule has 4 nitrogen and oxygen atoms in total. The molecule has 4 heteroatoms. The maximum Gasteiger partial charge on any atom is 0.183 e. The SMILES string of the molecule is CC1(C)CC(=O)c2ncc(C#N)nc21. The van der Waals surface area contributed by atoms with Crippen LogP contribution in [0.2, 0.25) is 0 Å². The first-order valence-electron chi connectivity index (χ1n) is 4.35. The van der Waals surface area contributed by atoms with Crippen molar-refractivity contribution in [1.29, 1.82) is 5.26 Å². The van der Waals surface area contributed by atoms with Crippen LogP contribution in [0.1, 0.15) is 42.1 Å². The summed E-state index contributed by atoms with van der Waals surface area (Å²) in [5.74, 6) is 0.0157. The topological polar surface area (TPSA) is 66.6 Å². The van der Waals surface area contributed by atoms with E-state index in [1.807, 2.05) is 19.9 Å². The molecule has 0 radical (unpaired) electrons. The zero-order valence-corrected chi connectivity index (χ0v) is 8.03. The number of hydrogen-bond acceptors (Lipinski definition) is 4. The van der Waals surface area contributed by atoms with Crippen LogP contribution < -0.4 is 0 Å². The maximum absolute atomic E-state index is 11.5. The maximum atomic E-state index is 11.5. The minimum absolute atomic E-state index is 0.0157. The second-order valence-corrected chi connectivity index (χ2v) is 4.05. The molecule has 0 aliphatic heterocycles. The number of nitrogens with zero attached hydrogens (tertiary/aromatic N) is 3. The quantitative estimate of drug-likeness (QED) is 0.612. The summed E-state index contributed by atoms with van der Waals surface area (Å²) in [7, 11) is 0. The van der Waals surface area contributed by atoms with Crippen molar-refractivity contribution in [3.8, 4) is 6.07 Å². The van der Waals surface area contributed by atoms with Gasteiger partial charge in [0.25, 0.3) is 0 Å². The second kappa shape index (κ2) is 2.61. The molecule has 0 spiro atoms. The number of ketones is 1. The number of carbonyl (C=O) groups excluding carboxylic acids is 1. The van der Waals surface area contributed by atoms with Gasteiger partial charge in [-0.2, -0.15) is 5.26 Å². The van der Waals surface area contributed by atoms with Gasteiger partial charge in [0.15, 0.2) is 11.5 Å². The van der Waals surface area contributed by atoms with Crippen LogP contribution in [0.5, 0.6) is 0 Å². The summed E-state index contributed by atoms with van der Waals surface area (Å²) in [6.07, 6.45) is 1.77. The van der Waals surface area contributed by atoms with E-state index < -0.39 is 0 Å². The van der Waals surface area contributed by atoms with Crippen molar-refractivity contribution in [2.75, 3.05) is 0 Å². The van der Waals surface area contributed by atoms with E-state index in [0.29, 0.717) is 17.8 Å². The molecule has 2 rings (SSSR count). The third kappa shape index (κ3) is 1.10. The highest BCUT2D eigenvalue weighted by Gasteiger charge is 2.38.